The number of primary sulfonamides is 1. The average molecular weight is 295 g/mol. The molecule has 108 valence electrons. The first-order chi connectivity index (χ1) is 9.25. The lowest BCUT2D eigenvalue weighted by Gasteiger charge is -2.19. The van der Waals surface area contributed by atoms with Crippen molar-refractivity contribution < 1.29 is 12.8 Å². The van der Waals surface area contributed by atoms with Crippen molar-refractivity contribution in [3.63, 3.8) is 0 Å². The zero-order valence-corrected chi connectivity index (χ0v) is 12.1. The van der Waals surface area contributed by atoms with Crippen molar-refractivity contribution in [3.8, 4) is 0 Å². The summed E-state index contributed by atoms with van der Waals surface area (Å²) in [5, 5.41) is 5.13. The van der Waals surface area contributed by atoms with Crippen molar-refractivity contribution in [1.29, 1.82) is 0 Å². The lowest BCUT2D eigenvalue weighted by atomic mass is 10.2. The van der Waals surface area contributed by atoms with Gasteiger partial charge in [-0.05, 0) is 37.3 Å². The third-order valence-electron chi connectivity index (χ3n) is 2.87. The Morgan fingerprint density at radius 3 is 2.50 bits per heavy atom. The Labute approximate surface area is 118 Å². The summed E-state index contributed by atoms with van der Waals surface area (Å²) in [7, 11) is -1.96. The van der Waals surface area contributed by atoms with Crippen LogP contribution in [0.5, 0.6) is 0 Å². The molecule has 0 bridgehead atoms. The third kappa shape index (κ3) is 3.31. The van der Waals surface area contributed by atoms with E-state index in [1.165, 1.54) is 12.1 Å². The third-order valence-corrected chi connectivity index (χ3v) is 3.76. The number of nitrogen functional groups attached to an aromatic ring is 1. The first kappa shape index (κ1) is 14.4. The van der Waals surface area contributed by atoms with Crippen molar-refractivity contribution in [2.45, 2.75) is 18.4 Å². The lowest BCUT2D eigenvalue weighted by Crippen LogP contribution is -2.18. The number of nitrogens with zero attached hydrogens (tertiary/aromatic N) is 1. The quantitative estimate of drug-likeness (QED) is 0.831. The standard InChI is InChI=1S/C13H17N3O3S/c1-9-3-4-12(19-9)8-16(2)11-5-10(14)6-13(7-11)20(15,17)18/h3-7H,8,14H2,1-2H3,(H2,15,17,18). The first-order valence-corrected chi connectivity index (χ1v) is 7.50. The first-order valence-electron chi connectivity index (χ1n) is 5.95. The second-order valence-corrected chi connectivity index (χ2v) is 6.24. The van der Waals surface area contributed by atoms with Crippen LogP contribution in [-0.4, -0.2) is 15.5 Å². The molecule has 0 aliphatic carbocycles. The molecule has 1 aromatic heterocycles. The number of rotatable bonds is 4. The molecule has 0 spiro atoms. The molecular formula is C13H17N3O3S. The largest absolute Gasteiger partial charge is 0.464 e. The van der Waals surface area contributed by atoms with Crippen LogP contribution in [0.1, 0.15) is 11.5 Å². The number of sulfonamides is 1. The molecule has 0 aliphatic rings. The molecule has 0 saturated carbocycles. The van der Waals surface area contributed by atoms with Crippen LogP contribution >= 0.6 is 0 Å². The van der Waals surface area contributed by atoms with Crippen molar-refractivity contribution >= 4 is 21.4 Å². The molecule has 0 radical (unpaired) electrons. The predicted molar refractivity (Wildman–Crippen MR) is 77.8 cm³/mol. The lowest BCUT2D eigenvalue weighted by molar-refractivity contribution is 0.482. The Morgan fingerprint density at radius 2 is 1.95 bits per heavy atom. The minimum absolute atomic E-state index is 0.00465. The van der Waals surface area contributed by atoms with Gasteiger partial charge in [-0.3, -0.25) is 0 Å². The topological polar surface area (TPSA) is 103 Å². The Morgan fingerprint density at radius 1 is 1.25 bits per heavy atom. The Bertz CT molecular complexity index is 722. The summed E-state index contributed by atoms with van der Waals surface area (Å²) >= 11 is 0. The van der Waals surface area contributed by atoms with Gasteiger partial charge in [0.2, 0.25) is 10.0 Å². The summed E-state index contributed by atoms with van der Waals surface area (Å²) in [4.78, 5) is 1.83. The van der Waals surface area contributed by atoms with Crippen LogP contribution < -0.4 is 15.8 Å². The predicted octanol–water partition coefficient (Wildman–Crippen LogP) is 1.45. The van der Waals surface area contributed by atoms with E-state index in [1.54, 1.807) is 6.07 Å². The maximum atomic E-state index is 11.4. The van der Waals surface area contributed by atoms with Gasteiger partial charge in [0.25, 0.3) is 0 Å². The van der Waals surface area contributed by atoms with E-state index in [1.807, 2.05) is 31.0 Å². The van der Waals surface area contributed by atoms with Crippen molar-refractivity contribution in [3.05, 3.63) is 41.9 Å². The highest BCUT2D eigenvalue weighted by Gasteiger charge is 2.13. The molecule has 0 unspecified atom stereocenters. The van der Waals surface area contributed by atoms with Crippen LogP contribution in [0.4, 0.5) is 11.4 Å². The van der Waals surface area contributed by atoms with Crippen LogP contribution in [-0.2, 0) is 16.6 Å². The average Bonchev–Trinajstić information content (AvgIpc) is 2.72. The summed E-state index contributed by atoms with van der Waals surface area (Å²) in [5.74, 6) is 1.61. The highest BCUT2D eigenvalue weighted by atomic mass is 32.2. The molecule has 2 rings (SSSR count). The van der Waals surface area contributed by atoms with E-state index in [4.69, 9.17) is 15.3 Å². The zero-order valence-electron chi connectivity index (χ0n) is 11.3. The van der Waals surface area contributed by atoms with E-state index in [0.29, 0.717) is 17.9 Å². The maximum absolute atomic E-state index is 11.4. The second kappa shape index (κ2) is 5.18. The molecular weight excluding hydrogens is 278 g/mol. The maximum Gasteiger partial charge on any atom is 0.238 e. The molecule has 2 aromatic rings. The van der Waals surface area contributed by atoms with Gasteiger partial charge >= 0.3 is 0 Å². The summed E-state index contributed by atoms with van der Waals surface area (Å²) in [6.07, 6.45) is 0. The van der Waals surface area contributed by atoms with Gasteiger partial charge in [0, 0.05) is 18.4 Å². The zero-order chi connectivity index (χ0) is 14.9. The normalized spacial score (nSPS) is 11.6. The van der Waals surface area contributed by atoms with Crippen molar-refractivity contribution in [2.75, 3.05) is 17.7 Å². The molecule has 0 fully saturated rings. The van der Waals surface area contributed by atoms with E-state index in [-0.39, 0.29) is 4.90 Å². The number of hydrogen-bond donors (Lipinski definition) is 2. The second-order valence-electron chi connectivity index (χ2n) is 4.67. The molecule has 20 heavy (non-hydrogen) atoms. The van der Waals surface area contributed by atoms with Gasteiger partial charge in [0.15, 0.2) is 0 Å². The highest BCUT2D eigenvalue weighted by molar-refractivity contribution is 7.89. The summed E-state index contributed by atoms with van der Waals surface area (Å²) in [6, 6.07) is 8.26. The Balaban J connectivity index is 2.30. The van der Waals surface area contributed by atoms with Gasteiger partial charge in [-0.25, -0.2) is 13.6 Å². The van der Waals surface area contributed by atoms with Gasteiger partial charge in [0.05, 0.1) is 11.4 Å². The number of benzene rings is 1. The summed E-state index contributed by atoms with van der Waals surface area (Å²) < 4.78 is 28.3. The fraction of sp³-hybridized carbons (Fsp3) is 0.231. The molecule has 0 saturated heterocycles. The van der Waals surface area contributed by atoms with Crippen LogP contribution in [0, 0.1) is 6.92 Å². The molecule has 0 amide bonds. The van der Waals surface area contributed by atoms with Gasteiger partial charge in [-0.15, -0.1) is 0 Å². The van der Waals surface area contributed by atoms with Crippen LogP contribution in [0.25, 0.3) is 0 Å². The van der Waals surface area contributed by atoms with E-state index < -0.39 is 10.0 Å². The van der Waals surface area contributed by atoms with Crippen LogP contribution in [0.3, 0.4) is 0 Å². The minimum Gasteiger partial charge on any atom is -0.464 e. The molecule has 0 aliphatic heterocycles. The van der Waals surface area contributed by atoms with Crippen LogP contribution in [0.2, 0.25) is 0 Å². The number of furan rings is 1. The fourth-order valence-corrected chi connectivity index (χ4v) is 2.47. The molecule has 4 N–H and O–H groups in total. The fourth-order valence-electron chi connectivity index (χ4n) is 1.89. The SMILES string of the molecule is Cc1ccc(CN(C)c2cc(N)cc(S(N)(=O)=O)c2)o1. The minimum atomic E-state index is -3.78. The molecule has 7 heteroatoms. The number of anilines is 2. The van der Waals surface area contributed by atoms with Gasteiger partial charge < -0.3 is 15.1 Å². The summed E-state index contributed by atoms with van der Waals surface area (Å²) in [6.45, 7) is 2.37. The van der Waals surface area contributed by atoms with Gasteiger partial charge in [-0.2, -0.15) is 0 Å². The van der Waals surface area contributed by atoms with Gasteiger partial charge in [-0.1, -0.05) is 0 Å². The highest BCUT2D eigenvalue weighted by Crippen LogP contribution is 2.23. The summed E-state index contributed by atoms with van der Waals surface area (Å²) in [5.41, 5.74) is 6.72. The van der Waals surface area contributed by atoms with E-state index >= 15 is 0 Å². The molecule has 0 atom stereocenters. The Hall–Kier alpha value is -1.99. The van der Waals surface area contributed by atoms with Gasteiger partial charge in [0.1, 0.15) is 11.5 Å². The smallest absolute Gasteiger partial charge is 0.238 e. The van der Waals surface area contributed by atoms with E-state index in [9.17, 15) is 8.42 Å². The van der Waals surface area contributed by atoms with Crippen molar-refractivity contribution in [2.24, 2.45) is 5.14 Å². The molecule has 1 heterocycles. The number of aryl methyl sites for hydroxylation is 1. The van der Waals surface area contributed by atoms with Crippen molar-refractivity contribution in [1.82, 2.24) is 0 Å². The van der Waals surface area contributed by atoms with E-state index in [0.717, 1.165) is 11.5 Å². The van der Waals surface area contributed by atoms with Crippen LogP contribution in [0.15, 0.2) is 39.6 Å². The monoisotopic (exact) mass is 295 g/mol. The molecule has 1 aromatic carbocycles. The number of nitrogens with two attached hydrogens (primary N) is 2. The van der Waals surface area contributed by atoms with E-state index in [2.05, 4.69) is 0 Å². The molecule has 6 nitrogen and oxygen atoms in total. The number of hydrogen-bond acceptors (Lipinski definition) is 5. The Kier molecular flexibility index (Phi) is 3.74.